The van der Waals surface area contributed by atoms with Crippen molar-refractivity contribution in [2.45, 2.75) is 32.1 Å². The van der Waals surface area contributed by atoms with E-state index in [1.807, 2.05) is 35.7 Å². The zero-order valence-corrected chi connectivity index (χ0v) is 14.8. The van der Waals surface area contributed by atoms with Gasteiger partial charge in [0.15, 0.2) is 0 Å². The van der Waals surface area contributed by atoms with Gasteiger partial charge in [-0.25, -0.2) is 0 Å². The number of amides is 2. The van der Waals surface area contributed by atoms with Crippen molar-refractivity contribution in [2.75, 3.05) is 11.9 Å². The highest BCUT2D eigenvalue weighted by molar-refractivity contribution is 7.12. The molecule has 5 heteroatoms. The maximum absolute atomic E-state index is 12.5. The minimum absolute atomic E-state index is 0.103. The van der Waals surface area contributed by atoms with Gasteiger partial charge in [-0.2, -0.15) is 0 Å². The van der Waals surface area contributed by atoms with Crippen LogP contribution in [0, 0.1) is 5.92 Å². The third kappa shape index (κ3) is 3.51. The number of anilines is 1. The Balaban J connectivity index is 1.66. The second kappa shape index (κ2) is 6.77. The molecule has 1 saturated carbocycles. The molecule has 126 valence electrons. The van der Waals surface area contributed by atoms with Gasteiger partial charge < -0.3 is 10.6 Å². The van der Waals surface area contributed by atoms with Crippen molar-refractivity contribution in [2.24, 2.45) is 5.92 Å². The minimum Gasteiger partial charge on any atom is -0.355 e. The van der Waals surface area contributed by atoms with Crippen molar-refractivity contribution in [1.82, 2.24) is 5.32 Å². The summed E-state index contributed by atoms with van der Waals surface area (Å²) in [6, 6.07) is 11.3. The predicted molar refractivity (Wildman–Crippen MR) is 97.5 cm³/mol. The Bertz CT molecular complexity index is 716. The molecule has 24 heavy (non-hydrogen) atoms. The zero-order valence-electron chi connectivity index (χ0n) is 14.0. The van der Waals surface area contributed by atoms with Gasteiger partial charge in [0.1, 0.15) is 0 Å². The van der Waals surface area contributed by atoms with E-state index in [2.05, 4.69) is 24.5 Å². The van der Waals surface area contributed by atoms with Gasteiger partial charge in [0.25, 0.3) is 5.91 Å². The fraction of sp³-hybridized carbons (Fsp3) is 0.368. The average molecular weight is 342 g/mol. The average Bonchev–Trinajstić information content (AvgIpc) is 3.19. The molecule has 0 spiro atoms. The number of rotatable bonds is 6. The molecule has 2 aromatic rings. The molecule has 1 fully saturated rings. The van der Waals surface area contributed by atoms with Crippen LogP contribution in [0.15, 0.2) is 41.8 Å². The molecule has 1 aromatic carbocycles. The van der Waals surface area contributed by atoms with Gasteiger partial charge >= 0.3 is 0 Å². The molecule has 1 aromatic heterocycles. The van der Waals surface area contributed by atoms with Crippen molar-refractivity contribution in [3.63, 3.8) is 0 Å². The smallest absolute Gasteiger partial charge is 0.265 e. The molecule has 2 N–H and O–H groups in total. The number of carbonyl (C=O) groups excluding carboxylic acids is 2. The third-order valence-corrected chi connectivity index (χ3v) is 5.16. The molecule has 1 aliphatic rings. The Morgan fingerprint density at radius 3 is 2.42 bits per heavy atom. The molecule has 4 nitrogen and oxygen atoms in total. The molecule has 3 rings (SSSR count). The number of nitrogens with one attached hydrogen (secondary N) is 2. The quantitative estimate of drug-likeness (QED) is 0.839. The molecule has 0 aliphatic heterocycles. The summed E-state index contributed by atoms with van der Waals surface area (Å²) in [5, 5.41) is 7.80. The number of benzene rings is 1. The third-order valence-electron chi connectivity index (χ3n) is 4.30. The summed E-state index contributed by atoms with van der Waals surface area (Å²) in [6.45, 7) is 4.88. The second-order valence-electron chi connectivity index (χ2n) is 6.69. The van der Waals surface area contributed by atoms with E-state index < -0.39 is 0 Å². The first-order chi connectivity index (χ1) is 11.5. The minimum atomic E-state index is -0.370. The Morgan fingerprint density at radius 2 is 1.88 bits per heavy atom. The van der Waals surface area contributed by atoms with E-state index in [4.69, 9.17) is 0 Å². The summed E-state index contributed by atoms with van der Waals surface area (Å²) < 4.78 is 0. The first-order valence-electron chi connectivity index (χ1n) is 8.25. The van der Waals surface area contributed by atoms with E-state index in [-0.39, 0.29) is 17.2 Å². The lowest BCUT2D eigenvalue weighted by atomic mass is 9.94. The van der Waals surface area contributed by atoms with E-state index in [1.165, 1.54) is 11.3 Å². The summed E-state index contributed by atoms with van der Waals surface area (Å²) >= 11 is 1.41. The highest BCUT2D eigenvalue weighted by atomic mass is 32.1. The molecule has 2 amide bonds. The number of thiophene rings is 1. The highest BCUT2D eigenvalue weighted by Crippen LogP contribution is 2.48. The van der Waals surface area contributed by atoms with E-state index in [1.54, 1.807) is 6.07 Å². The topological polar surface area (TPSA) is 58.2 Å². The van der Waals surface area contributed by atoms with Crippen LogP contribution in [0.5, 0.6) is 0 Å². The molecular formula is C19H22N2O2S. The monoisotopic (exact) mass is 342 g/mol. The van der Waals surface area contributed by atoms with Crippen LogP contribution in [0.4, 0.5) is 5.69 Å². The number of hydrogen-bond acceptors (Lipinski definition) is 3. The lowest BCUT2D eigenvalue weighted by Gasteiger charge is -2.17. The van der Waals surface area contributed by atoms with E-state index in [0.717, 1.165) is 24.1 Å². The fourth-order valence-electron chi connectivity index (χ4n) is 2.71. The molecule has 0 bridgehead atoms. The van der Waals surface area contributed by atoms with Gasteiger partial charge in [-0.15, -0.1) is 11.3 Å². The molecule has 0 unspecified atom stereocenters. The second-order valence-corrected chi connectivity index (χ2v) is 7.64. The first kappa shape index (κ1) is 16.7. The molecule has 0 atom stereocenters. The van der Waals surface area contributed by atoms with E-state index in [0.29, 0.717) is 17.3 Å². The molecular weight excluding hydrogens is 320 g/mol. The first-order valence-corrected chi connectivity index (χ1v) is 9.13. The van der Waals surface area contributed by atoms with Crippen LogP contribution in [0.1, 0.15) is 41.9 Å². The maximum atomic E-state index is 12.5. The van der Waals surface area contributed by atoms with Crippen LogP contribution in [-0.2, 0) is 10.2 Å². The van der Waals surface area contributed by atoms with Crippen molar-refractivity contribution >= 4 is 28.8 Å². The predicted octanol–water partition coefficient (Wildman–Crippen LogP) is 3.80. The standard InChI is InChI=1S/C19H22N2O2S/c1-13(2)12-20-18(23)19(9-10-19)14-5-7-15(8-6-14)21-17(22)16-4-3-11-24-16/h3-8,11,13H,9-10,12H2,1-2H3,(H,20,23)(H,21,22). The van der Waals surface area contributed by atoms with Gasteiger partial charge in [-0.05, 0) is 47.9 Å². The lowest BCUT2D eigenvalue weighted by molar-refractivity contribution is -0.123. The van der Waals surface area contributed by atoms with Crippen LogP contribution < -0.4 is 10.6 Å². The largest absolute Gasteiger partial charge is 0.355 e. The van der Waals surface area contributed by atoms with Gasteiger partial charge in [0.05, 0.1) is 10.3 Å². The van der Waals surface area contributed by atoms with Crippen molar-refractivity contribution in [3.05, 3.63) is 52.2 Å². The Labute approximate surface area is 146 Å². The van der Waals surface area contributed by atoms with Gasteiger partial charge in [-0.1, -0.05) is 32.0 Å². The molecule has 0 radical (unpaired) electrons. The molecule has 1 aliphatic carbocycles. The SMILES string of the molecule is CC(C)CNC(=O)C1(c2ccc(NC(=O)c3cccs3)cc2)CC1. The summed E-state index contributed by atoms with van der Waals surface area (Å²) in [7, 11) is 0. The van der Waals surface area contributed by atoms with Crippen LogP contribution in [0.2, 0.25) is 0 Å². The van der Waals surface area contributed by atoms with Crippen molar-refractivity contribution in [3.8, 4) is 0 Å². The van der Waals surface area contributed by atoms with E-state index in [9.17, 15) is 9.59 Å². The summed E-state index contributed by atoms with van der Waals surface area (Å²) in [6.07, 6.45) is 1.77. The lowest BCUT2D eigenvalue weighted by Crippen LogP contribution is -2.36. The fourth-order valence-corrected chi connectivity index (χ4v) is 3.33. The summed E-state index contributed by atoms with van der Waals surface area (Å²) in [4.78, 5) is 25.2. The Morgan fingerprint density at radius 1 is 1.17 bits per heavy atom. The van der Waals surface area contributed by atoms with Crippen LogP contribution >= 0.6 is 11.3 Å². The van der Waals surface area contributed by atoms with Crippen molar-refractivity contribution in [1.29, 1.82) is 0 Å². The number of carbonyl (C=O) groups is 2. The Kier molecular flexibility index (Phi) is 4.71. The van der Waals surface area contributed by atoms with Crippen LogP contribution in [-0.4, -0.2) is 18.4 Å². The normalized spacial score (nSPS) is 15.1. The summed E-state index contributed by atoms with van der Waals surface area (Å²) in [5.74, 6) is 0.458. The van der Waals surface area contributed by atoms with Gasteiger partial charge in [0, 0.05) is 12.2 Å². The number of hydrogen-bond donors (Lipinski definition) is 2. The van der Waals surface area contributed by atoms with Crippen molar-refractivity contribution < 1.29 is 9.59 Å². The van der Waals surface area contributed by atoms with Crippen LogP contribution in [0.3, 0.4) is 0 Å². The summed E-state index contributed by atoms with van der Waals surface area (Å²) in [5.41, 5.74) is 1.40. The van der Waals surface area contributed by atoms with Gasteiger partial charge in [0.2, 0.25) is 5.91 Å². The Hall–Kier alpha value is -2.14. The maximum Gasteiger partial charge on any atom is 0.265 e. The molecule has 1 heterocycles. The van der Waals surface area contributed by atoms with E-state index >= 15 is 0 Å². The molecule has 0 saturated heterocycles. The van der Waals surface area contributed by atoms with Gasteiger partial charge in [-0.3, -0.25) is 9.59 Å². The highest BCUT2D eigenvalue weighted by Gasteiger charge is 2.51. The van der Waals surface area contributed by atoms with Crippen LogP contribution in [0.25, 0.3) is 0 Å². The zero-order chi connectivity index (χ0) is 17.2.